The highest BCUT2D eigenvalue weighted by Gasteiger charge is 2.29. The molecule has 0 radical (unpaired) electrons. The van der Waals surface area contributed by atoms with E-state index >= 15 is 0 Å². The molecule has 5 N–H and O–H groups in total. The first-order chi connectivity index (χ1) is 9.00. The van der Waals surface area contributed by atoms with Gasteiger partial charge in [-0.05, 0) is 19.4 Å². The molecule has 0 rings (SSSR count). The monoisotopic (exact) mass is 273 g/mol. The van der Waals surface area contributed by atoms with Gasteiger partial charge < -0.3 is 26.0 Å². The summed E-state index contributed by atoms with van der Waals surface area (Å²) < 4.78 is 0. The molecule has 0 aromatic carbocycles. The molecule has 0 aliphatic rings. The zero-order chi connectivity index (χ0) is 14.7. The van der Waals surface area contributed by atoms with E-state index in [4.69, 9.17) is 15.5 Å². The zero-order valence-corrected chi connectivity index (χ0v) is 10.5. The van der Waals surface area contributed by atoms with E-state index in [0.717, 1.165) is 6.42 Å². The Morgan fingerprint density at radius 1 is 1.11 bits per heavy atom. The van der Waals surface area contributed by atoms with Crippen molar-refractivity contribution in [3.05, 3.63) is 0 Å². The maximum atomic E-state index is 11.2. The minimum absolute atomic E-state index is 0.280. The number of hydrogen-bond acceptors (Lipinski definition) is 6. The van der Waals surface area contributed by atoms with Gasteiger partial charge in [0.15, 0.2) is 12.2 Å². The molecule has 0 fully saturated rings. The van der Waals surface area contributed by atoms with E-state index in [1.54, 1.807) is 0 Å². The smallest absolute Gasteiger partial charge is 0.335 e. The molecule has 0 spiro atoms. The number of nitrogens with zero attached hydrogens (tertiary/aromatic N) is 1. The first kappa shape index (κ1) is 17.3. The Labute approximate surface area is 111 Å². The molecule has 2 unspecified atom stereocenters. The van der Waals surface area contributed by atoms with Crippen LogP contribution in [0.5, 0.6) is 0 Å². The molecule has 0 aromatic heterocycles. The number of aliphatic hydroxyl groups excluding tert-OH is 2. The molecule has 0 saturated heterocycles. The summed E-state index contributed by atoms with van der Waals surface area (Å²) >= 11 is 0. The van der Waals surface area contributed by atoms with E-state index in [1.165, 1.54) is 0 Å². The van der Waals surface area contributed by atoms with E-state index in [0.29, 0.717) is 25.9 Å². The maximum Gasteiger partial charge on any atom is 0.335 e. The number of carboxylic acids is 1. The molecule has 0 aliphatic heterocycles. The summed E-state index contributed by atoms with van der Waals surface area (Å²) in [5.41, 5.74) is 0. The number of carbonyl (C=O) groups is 2. The van der Waals surface area contributed by atoms with Crippen LogP contribution in [0.15, 0.2) is 0 Å². The molecule has 0 bridgehead atoms. The first-order valence-electron chi connectivity index (χ1n) is 5.95. The summed E-state index contributed by atoms with van der Waals surface area (Å²) in [6.07, 6.45) is -2.24. The van der Waals surface area contributed by atoms with Crippen LogP contribution in [0, 0.1) is 11.3 Å². The maximum absolute atomic E-state index is 11.2. The third-order valence-electron chi connectivity index (χ3n) is 2.31. The van der Waals surface area contributed by atoms with Gasteiger partial charge in [-0.15, -0.1) is 0 Å². The van der Waals surface area contributed by atoms with Crippen LogP contribution in [0.2, 0.25) is 0 Å². The molecule has 2 atom stereocenters. The average Bonchev–Trinajstić information content (AvgIpc) is 2.39. The SMILES string of the molecule is N#CCCNCCCCNC(=O)C(O)C(O)C(=O)O. The second-order valence-electron chi connectivity index (χ2n) is 3.88. The Balaban J connectivity index is 3.59. The van der Waals surface area contributed by atoms with Crippen molar-refractivity contribution in [3.63, 3.8) is 0 Å². The number of nitriles is 1. The van der Waals surface area contributed by atoms with E-state index in [-0.39, 0.29) is 6.54 Å². The third kappa shape index (κ3) is 8.10. The molecule has 0 heterocycles. The van der Waals surface area contributed by atoms with Crippen LogP contribution in [0.3, 0.4) is 0 Å². The standard InChI is InChI=1S/C11H19N3O5/c12-4-3-6-13-5-1-2-7-14-10(17)8(15)9(16)11(18)19/h8-9,13,15-16H,1-3,5-7H2,(H,14,17)(H,18,19). The summed E-state index contributed by atoms with van der Waals surface area (Å²) in [6, 6.07) is 2.00. The summed E-state index contributed by atoms with van der Waals surface area (Å²) in [6.45, 7) is 1.60. The molecule has 0 aliphatic carbocycles. The van der Waals surface area contributed by atoms with Gasteiger partial charge in [0.1, 0.15) is 0 Å². The van der Waals surface area contributed by atoms with Crippen molar-refractivity contribution >= 4 is 11.9 Å². The van der Waals surface area contributed by atoms with E-state index in [1.807, 2.05) is 6.07 Å². The number of carboxylic acid groups (broad SMARTS) is 1. The van der Waals surface area contributed by atoms with Gasteiger partial charge in [-0.25, -0.2) is 4.79 Å². The second kappa shape index (κ2) is 10.3. The summed E-state index contributed by atoms with van der Waals surface area (Å²) in [5.74, 6) is -2.56. The molecule has 8 heteroatoms. The van der Waals surface area contributed by atoms with Gasteiger partial charge in [0.25, 0.3) is 5.91 Å². The molecule has 108 valence electrons. The van der Waals surface area contributed by atoms with E-state index in [9.17, 15) is 14.7 Å². The number of rotatable bonds is 10. The van der Waals surface area contributed by atoms with Gasteiger partial charge >= 0.3 is 5.97 Å². The summed E-state index contributed by atoms with van der Waals surface area (Å²) in [4.78, 5) is 21.6. The predicted octanol–water partition coefficient (Wildman–Crippen LogP) is -1.81. The largest absolute Gasteiger partial charge is 0.479 e. The first-order valence-corrected chi connectivity index (χ1v) is 5.95. The topological polar surface area (TPSA) is 143 Å². The minimum Gasteiger partial charge on any atom is -0.479 e. The normalized spacial score (nSPS) is 13.3. The number of amides is 1. The molecular weight excluding hydrogens is 254 g/mol. The van der Waals surface area contributed by atoms with Gasteiger partial charge in [-0.2, -0.15) is 5.26 Å². The van der Waals surface area contributed by atoms with Gasteiger partial charge in [0.05, 0.1) is 6.07 Å². The van der Waals surface area contributed by atoms with Crippen molar-refractivity contribution in [1.29, 1.82) is 5.26 Å². The van der Waals surface area contributed by atoms with Crippen LogP contribution >= 0.6 is 0 Å². The number of aliphatic carboxylic acids is 1. The Morgan fingerprint density at radius 3 is 2.32 bits per heavy atom. The quantitative estimate of drug-likeness (QED) is 0.295. The highest BCUT2D eigenvalue weighted by Crippen LogP contribution is 1.94. The molecular formula is C11H19N3O5. The number of aliphatic hydroxyl groups is 2. The fraction of sp³-hybridized carbons (Fsp3) is 0.727. The van der Waals surface area contributed by atoms with Crippen LogP contribution in [0.1, 0.15) is 19.3 Å². The van der Waals surface area contributed by atoms with E-state index < -0.39 is 24.1 Å². The number of carbonyl (C=O) groups excluding carboxylic acids is 1. The van der Waals surface area contributed by atoms with Crippen molar-refractivity contribution in [2.45, 2.75) is 31.5 Å². The van der Waals surface area contributed by atoms with Gasteiger partial charge in [-0.3, -0.25) is 4.79 Å². The predicted molar refractivity (Wildman–Crippen MR) is 65.0 cm³/mol. The van der Waals surface area contributed by atoms with Crippen molar-refractivity contribution < 1.29 is 24.9 Å². The Hall–Kier alpha value is -1.69. The third-order valence-corrected chi connectivity index (χ3v) is 2.31. The lowest BCUT2D eigenvalue weighted by Crippen LogP contribution is -2.45. The number of unbranched alkanes of at least 4 members (excludes halogenated alkanes) is 1. The van der Waals surface area contributed by atoms with Crippen molar-refractivity contribution in [2.75, 3.05) is 19.6 Å². The van der Waals surface area contributed by atoms with Gasteiger partial charge in [0.2, 0.25) is 0 Å². The van der Waals surface area contributed by atoms with Gasteiger partial charge in [-0.1, -0.05) is 0 Å². The minimum atomic E-state index is -2.12. The molecule has 1 amide bonds. The summed E-state index contributed by atoms with van der Waals surface area (Å²) in [7, 11) is 0. The van der Waals surface area contributed by atoms with Crippen molar-refractivity contribution in [1.82, 2.24) is 10.6 Å². The van der Waals surface area contributed by atoms with Gasteiger partial charge in [0, 0.05) is 19.5 Å². The number of hydrogen-bond donors (Lipinski definition) is 5. The average molecular weight is 273 g/mol. The Bertz CT molecular complexity index is 329. The number of nitrogens with one attached hydrogen (secondary N) is 2. The lowest BCUT2D eigenvalue weighted by molar-refractivity contribution is -0.158. The summed E-state index contributed by atoms with van der Waals surface area (Å²) in [5, 5.41) is 40.1. The molecule has 0 saturated carbocycles. The fourth-order valence-corrected chi connectivity index (χ4v) is 1.24. The van der Waals surface area contributed by atoms with Crippen LogP contribution in [-0.4, -0.2) is 59.0 Å². The second-order valence-corrected chi connectivity index (χ2v) is 3.88. The highest BCUT2D eigenvalue weighted by atomic mass is 16.4. The highest BCUT2D eigenvalue weighted by molar-refractivity contribution is 5.87. The van der Waals surface area contributed by atoms with E-state index in [2.05, 4.69) is 10.6 Å². The van der Waals surface area contributed by atoms with Crippen LogP contribution < -0.4 is 10.6 Å². The lowest BCUT2D eigenvalue weighted by atomic mass is 10.2. The molecule has 8 nitrogen and oxygen atoms in total. The van der Waals surface area contributed by atoms with Crippen molar-refractivity contribution in [3.8, 4) is 6.07 Å². The Morgan fingerprint density at radius 2 is 1.74 bits per heavy atom. The van der Waals surface area contributed by atoms with Crippen LogP contribution in [0.4, 0.5) is 0 Å². The molecule has 0 aromatic rings. The van der Waals surface area contributed by atoms with Crippen LogP contribution in [-0.2, 0) is 9.59 Å². The molecule has 19 heavy (non-hydrogen) atoms. The zero-order valence-electron chi connectivity index (χ0n) is 10.5. The lowest BCUT2D eigenvalue weighted by Gasteiger charge is -2.13. The van der Waals surface area contributed by atoms with Crippen LogP contribution in [0.25, 0.3) is 0 Å². The Kier molecular flexibility index (Phi) is 9.34. The van der Waals surface area contributed by atoms with Crippen molar-refractivity contribution in [2.24, 2.45) is 0 Å². The fourth-order valence-electron chi connectivity index (χ4n) is 1.24.